The van der Waals surface area contributed by atoms with Crippen LogP contribution in [0.15, 0.2) is 29.6 Å². The summed E-state index contributed by atoms with van der Waals surface area (Å²) in [5, 5.41) is 3.17. The van der Waals surface area contributed by atoms with Crippen molar-refractivity contribution < 1.29 is 0 Å². The average Bonchev–Trinajstić information content (AvgIpc) is 2.69. The van der Waals surface area contributed by atoms with Crippen LogP contribution in [0.25, 0.3) is 0 Å². The number of nitrogens with zero attached hydrogens (tertiary/aromatic N) is 1. The first-order valence-corrected chi connectivity index (χ1v) is 5.85. The topological polar surface area (TPSA) is 38.9 Å². The maximum atomic E-state index is 5.52. The quantitative estimate of drug-likeness (QED) is 0.859. The molecule has 0 aliphatic heterocycles. The highest BCUT2D eigenvalue weighted by atomic mass is 32.1. The van der Waals surface area contributed by atoms with Gasteiger partial charge in [0.05, 0.1) is 10.7 Å². The number of benzene rings is 1. The molecule has 0 amide bonds. The Labute approximate surface area is 93.8 Å². The third-order valence-electron chi connectivity index (χ3n) is 2.28. The largest absolute Gasteiger partial charge is 0.325 e. The van der Waals surface area contributed by atoms with Gasteiger partial charge in [-0.2, -0.15) is 0 Å². The molecular formula is C12H14N2S. The minimum atomic E-state index is 0.532. The van der Waals surface area contributed by atoms with Gasteiger partial charge in [0.15, 0.2) is 0 Å². The number of rotatable bonds is 3. The van der Waals surface area contributed by atoms with Crippen LogP contribution in [0.4, 0.5) is 0 Å². The smallest absolute Gasteiger partial charge is 0.0972 e. The van der Waals surface area contributed by atoms with Crippen LogP contribution in [0.2, 0.25) is 0 Å². The van der Waals surface area contributed by atoms with E-state index in [0.29, 0.717) is 6.54 Å². The van der Waals surface area contributed by atoms with Gasteiger partial charge in [0.2, 0.25) is 0 Å². The molecular weight excluding hydrogens is 204 g/mol. The van der Waals surface area contributed by atoms with E-state index in [1.807, 2.05) is 5.38 Å². The Hall–Kier alpha value is -1.19. The van der Waals surface area contributed by atoms with Gasteiger partial charge in [-0.15, -0.1) is 11.3 Å². The van der Waals surface area contributed by atoms with Crippen molar-refractivity contribution in [2.24, 2.45) is 5.73 Å². The van der Waals surface area contributed by atoms with Crippen LogP contribution >= 0.6 is 11.3 Å². The van der Waals surface area contributed by atoms with Crippen LogP contribution in [0.5, 0.6) is 0 Å². The number of hydrogen-bond donors (Lipinski definition) is 1. The SMILES string of the molecule is Cc1ccc(Cc2nc(CN)cs2)cc1. The van der Waals surface area contributed by atoms with Crippen molar-refractivity contribution in [3.8, 4) is 0 Å². The minimum absolute atomic E-state index is 0.532. The number of aryl methyl sites for hydroxylation is 1. The van der Waals surface area contributed by atoms with Crippen LogP contribution in [0.3, 0.4) is 0 Å². The van der Waals surface area contributed by atoms with Gasteiger partial charge in [-0.25, -0.2) is 4.98 Å². The second-order valence-electron chi connectivity index (χ2n) is 3.60. The lowest BCUT2D eigenvalue weighted by Crippen LogP contribution is -1.96. The van der Waals surface area contributed by atoms with Crippen molar-refractivity contribution in [1.29, 1.82) is 0 Å². The average molecular weight is 218 g/mol. The molecule has 0 spiro atoms. The summed E-state index contributed by atoms with van der Waals surface area (Å²) in [6.45, 7) is 2.63. The normalized spacial score (nSPS) is 10.5. The highest BCUT2D eigenvalue weighted by Crippen LogP contribution is 2.14. The Kier molecular flexibility index (Phi) is 3.14. The molecule has 78 valence electrons. The first-order chi connectivity index (χ1) is 7.28. The van der Waals surface area contributed by atoms with Crippen LogP contribution < -0.4 is 5.73 Å². The molecule has 0 aliphatic carbocycles. The molecule has 0 bridgehead atoms. The summed E-state index contributed by atoms with van der Waals surface area (Å²) in [4.78, 5) is 4.44. The monoisotopic (exact) mass is 218 g/mol. The summed E-state index contributed by atoms with van der Waals surface area (Å²) >= 11 is 1.68. The summed E-state index contributed by atoms with van der Waals surface area (Å²) in [5.74, 6) is 0. The van der Waals surface area contributed by atoms with Crippen molar-refractivity contribution in [3.05, 3.63) is 51.5 Å². The Balaban J connectivity index is 2.11. The highest BCUT2D eigenvalue weighted by molar-refractivity contribution is 7.09. The molecule has 2 aromatic rings. The fourth-order valence-electron chi connectivity index (χ4n) is 1.40. The molecule has 2 rings (SSSR count). The molecule has 0 fully saturated rings. The van der Waals surface area contributed by atoms with E-state index in [1.54, 1.807) is 11.3 Å². The van der Waals surface area contributed by atoms with Gasteiger partial charge >= 0.3 is 0 Å². The van der Waals surface area contributed by atoms with Crippen molar-refractivity contribution in [1.82, 2.24) is 4.98 Å². The molecule has 0 aliphatic rings. The summed E-state index contributed by atoms with van der Waals surface area (Å²) in [7, 11) is 0. The van der Waals surface area contributed by atoms with Gasteiger partial charge in [0.1, 0.15) is 0 Å². The van der Waals surface area contributed by atoms with Crippen LogP contribution in [-0.2, 0) is 13.0 Å². The molecule has 1 aromatic heterocycles. The first-order valence-electron chi connectivity index (χ1n) is 4.97. The Morgan fingerprint density at radius 1 is 1.27 bits per heavy atom. The maximum Gasteiger partial charge on any atom is 0.0972 e. The van der Waals surface area contributed by atoms with Gasteiger partial charge in [0, 0.05) is 18.3 Å². The number of nitrogens with two attached hydrogens (primary N) is 1. The van der Waals surface area contributed by atoms with Crippen molar-refractivity contribution >= 4 is 11.3 Å². The van der Waals surface area contributed by atoms with Crippen LogP contribution in [0, 0.1) is 6.92 Å². The fraction of sp³-hybridized carbons (Fsp3) is 0.250. The summed E-state index contributed by atoms with van der Waals surface area (Å²) in [6, 6.07) is 8.57. The third-order valence-corrected chi connectivity index (χ3v) is 3.18. The molecule has 0 saturated carbocycles. The highest BCUT2D eigenvalue weighted by Gasteiger charge is 2.01. The standard InChI is InChI=1S/C12H14N2S/c1-9-2-4-10(5-3-9)6-12-14-11(7-13)8-15-12/h2-5,8H,6-7,13H2,1H3. The Bertz CT molecular complexity index is 431. The maximum absolute atomic E-state index is 5.52. The van der Waals surface area contributed by atoms with E-state index >= 15 is 0 Å². The molecule has 3 heteroatoms. The zero-order chi connectivity index (χ0) is 10.7. The van der Waals surface area contributed by atoms with E-state index in [9.17, 15) is 0 Å². The Morgan fingerprint density at radius 2 is 2.00 bits per heavy atom. The second-order valence-corrected chi connectivity index (χ2v) is 4.54. The third kappa shape index (κ3) is 2.64. The molecule has 2 nitrogen and oxygen atoms in total. The van der Waals surface area contributed by atoms with E-state index in [-0.39, 0.29) is 0 Å². The first kappa shape index (κ1) is 10.3. The number of hydrogen-bond acceptors (Lipinski definition) is 3. The predicted molar refractivity (Wildman–Crippen MR) is 64.0 cm³/mol. The molecule has 0 unspecified atom stereocenters. The number of aromatic nitrogens is 1. The molecule has 0 atom stereocenters. The van der Waals surface area contributed by atoms with Crippen molar-refractivity contribution in [3.63, 3.8) is 0 Å². The van der Waals surface area contributed by atoms with Gasteiger partial charge in [-0.1, -0.05) is 29.8 Å². The summed E-state index contributed by atoms with van der Waals surface area (Å²) in [5.41, 5.74) is 9.10. The van der Waals surface area contributed by atoms with Gasteiger partial charge in [-0.05, 0) is 12.5 Å². The van der Waals surface area contributed by atoms with Crippen LogP contribution in [0.1, 0.15) is 21.8 Å². The lowest BCUT2D eigenvalue weighted by Gasteiger charge is -1.98. The van der Waals surface area contributed by atoms with E-state index < -0.39 is 0 Å². The predicted octanol–water partition coefficient (Wildman–Crippen LogP) is 2.50. The molecule has 1 heterocycles. The lowest BCUT2D eigenvalue weighted by molar-refractivity contribution is 0.982. The zero-order valence-corrected chi connectivity index (χ0v) is 9.55. The van der Waals surface area contributed by atoms with Gasteiger partial charge in [0.25, 0.3) is 0 Å². The van der Waals surface area contributed by atoms with E-state index in [4.69, 9.17) is 5.73 Å². The van der Waals surface area contributed by atoms with E-state index in [2.05, 4.69) is 36.2 Å². The van der Waals surface area contributed by atoms with Crippen LogP contribution in [-0.4, -0.2) is 4.98 Å². The molecule has 2 N–H and O–H groups in total. The number of thiazole rings is 1. The van der Waals surface area contributed by atoms with Crippen molar-refractivity contribution in [2.45, 2.75) is 19.9 Å². The van der Waals surface area contributed by atoms with E-state index in [1.165, 1.54) is 11.1 Å². The zero-order valence-electron chi connectivity index (χ0n) is 8.73. The van der Waals surface area contributed by atoms with Gasteiger partial charge < -0.3 is 5.73 Å². The molecule has 0 radical (unpaired) electrons. The summed E-state index contributed by atoms with van der Waals surface area (Å²) in [6.07, 6.45) is 0.908. The molecule has 0 saturated heterocycles. The Morgan fingerprint density at radius 3 is 2.60 bits per heavy atom. The van der Waals surface area contributed by atoms with Crippen molar-refractivity contribution in [2.75, 3.05) is 0 Å². The lowest BCUT2D eigenvalue weighted by atomic mass is 10.1. The minimum Gasteiger partial charge on any atom is -0.325 e. The fourth-order valence-corrected chi connectivity index (χ4v) is 2.25. The second kappa shape index (κ2) is 4.55. The molecule has 1 aromatic carbocycles. The summed E-state index contributed by atoms with van der Waals surface area (Å²) < 4.78 is 0. The molecule has 15 heavy (non-hydrogen) atoms. The van der Waals surface area contributed by atoms with Gasteiger partial charge in [-0.3, -0.25) is 0 Å². The van der Waals surface area contributed by atoms with E-state index in [0.717, 1.165) is 17.1 Å².